The van der Waals surface area contributed by atoms with E-state index in [1.807, 2.05) is 6.08 Å². The monoisotopic (exact) mass is 203 g/mol. The van der Waals surface area contributed by atoms with E-state index in [9.17, 15) is 0 Å². The third-order valence-corrected chi connectivity index (χ3v) is 3.97. The standard InChI is InChI=1S/C15H23/c1-2-8-13-11-6-7-12-15(13)14-9-4-3-5-10-14/h2,8,14H,1,3-7,9-12H2. The molecule has 0 bridgehead atoms. The largest absolute Gasteiger partial charge is 0.102 e. The van der Waals surface area contributed by atoms with Crippen molar-refractivity contribution in [3.63, 3.8) is 0 Å². The van der Waals surface area contributed by atoms with Crippen LogP contribution in [-0.4, -0.2) is 0 Å². The van der Waals surface area contributed by atoms with Gasteiger partial charge in [-0.2, -0.15) is 0 Å². The van der Waals surface area contributed by atoms with Gasteiger partial charge in [0.25, 0.3) is 0 Å². The quantitative estimate of drug-likeness (QED) is 0.616. The van der Waals surface area contributed by atoms with Crippen molar-refractivity contribution in [2.75, 3.05) is 0 Å². The van der Waals surface area contributed by atoms with Crippen molar-refractivity contribution in [2.24, 2.45) is 5.92 Å². The normalized spacial score (nSPS) is 24.3. The molecule has 0 aliphatic heterocycles. The van der Waals surface area contributed by atoms with Crippen LogP contribution in [0.4, 0.5) is 0 Å². The summed E-state index contributed by atoms with van der Waals surface area (Å²) in [7, 11) is 0. The topological polar surface area (TPSA) is 0 Å². The van der Waals surface area contributed by atoms with Crippen LogP contribution < -0.4 is 0 Å². The van der Waals surface area contributed by atoms with E-state index < -0.39 is 0 Å². The van der Waals surface area contributed by atoms with Crippen molar-refractivity contribution in [3.05, 3.63) is 30.2 Å². The van der Waals surface area contributed by atoms with Crippen molar-refractivity contribution in [3.8, 4) is 0 Å². The third-order valence-electron chi connectivity index (χ3n) is 3.97. The summed E-state index contributed by atoms with van der Waals surface area (Å²) in [4.78, 5) is 0. The van der Waals surface area contributed by atoms with Crippen molar-refractivity contribution in [2.45, 2.75) is 57.8 Å². The highest BCUT2D eigenvalue weighted by Crippen LogP contribution is 2.38. The molecule has 0 aromatic heterocycles. The average molecular weight is 203 g/mol. The van der Waals surface area contributed by atoms with Crippen LogP contribution in [0.3, 0.4) is 0 Å². The molecule has 15 heavy (non-hydrogen) atoms. The van der Waals surface area contributed by atoms with Crippen LogP contribution in [0.1, 0.15) is 57.8 Å². The summed E-state index contributed by atoms with van der Waals surface area (Å²) < 4.78 is 0. The lowest BCUT2D eigenvalue weighted by Gasteiger charge is -2.30. The van der Waals surface area contributed by atoms with Crippen LogP contribution in [0.5, 0.6) is 0 Å². The van der Waals surface area contributed by atoms with E-state index >= 15 is 0 Å². The Morgan fingerprint density at radius 1 is 0.933 bits per heavy atom. The second-order valence-electron chi connectivity index (χ2n) is 4.99. The average Bonchev–Trinajstić information content (AvgIpc) is 2.31. The smallest absolute Gasteiger partial charge is 0.00771 e. The molecule has 0 heteroatoms. The molecule has 2 aliphatic rings. The van der Waals surface area contributed by atoms with Crippen LogP contribution in [0.15, 0.2) is 23.8 Å². The molecule has 83 valence electrons. The Kier molecular flexibility index (Phi) is 4.05. The third kappa shape index (κ3) is 2.74. The zero-order valence-electron chi connectivity index (χ0n) is 9.80. The maximum atomic E-state index is 3.84. The SMILES string of the molecule is C=C[CH]C1=C(C2CCCCC2)CCCC1. The molecule has 1 radical (unpaired) electrons. The first-order valence-corrected chi connectivity index (χ1v) is 6.59. The zero-order chi connectivity index (χ0) is 10.5. The molecule has 2 aliphatic carbocycles. The molecule has 0 nitrogen and oxygen atoms in total. The number of allylic oxidation sites excluding steroid dienone is 3. The predicted molar refractivity (Wildman–Crippen MR) is 66.6 cm³/mol. The Labute approximate surface area is 94.5 Å². The van der Waals surface area contributed by atoms with Gasteiger partial charge in [0.05, 0.1) is 0 Å². The Balaban J connectivity index is 2.09. The summed E-state index contributed by atoms with van der Waals surface area (Å²) in [5, 5.41) is 0. The summed E-state index contributed by atoms with van der Waals surface area (Å²) in [6, 6.07) is 0. The molecule has 0 N–H and O–H groups in total. The zero-order valence-corrected chi connectivity index (χ0v) is 9.80. The highest BCUT2D eigenvalue weighted by atomic mass is 14.3. The molecule has 0 heterocycles. The molecular weight excluding hydrogens is 180 g/mol. The van der Waals surface area contributed by atoms with Crippen LogP contribution in [0, 0.1) is 12.3 Å². The lowest BCUT2D eigenvalue weighted by molar-refractivity contribution is 0.384. The summed E-state index contributed by atoms with van der Waals surface area (Å²) in [5.41, 5.74) is 3.42. The van der Waals surface area contributed by atoms with E-state index in [2.05, 4.69) is 13.0 Å². The molecule has 0 aromatic rings. The van der Waals surface area contributed by atoms with E-state index in [0.29, 0.717) is 0 Å². The fourth-order valence-corrected chi connectivity index (χ4v) is 3.20. The molecule has 0 aromatic carbocycles. The fraction of sp³-hybridized carbons (Fsp3) is 0.667. The Morgan fingerprint density at radius 2 is 1.67 bits per heavy atom. The summed E-state index contributed by atoms with van der Waals surface area (Å²) in [5.74, 6) is 0.922. The Bertz CT molecular complexity index is 241. The van der Waals surface area contributed by atoms with E-state index in [0.717, 1.165) is 5.92 Å². The summed E-state index contributed by atoms with van der Waals surface area (Å²) in [6.45, 7) is 3.84. The van der Waals surface area contributed by atoms with Gasteiger partial charge >= 0.3 is 0 Å². The molecule has 0 spiro atoms. The molecule has 0 atom stereocenters. The van der Waals surface area contributed by atoms with E-state index in [1.165, 1.54) is 57.8 Å². The second-order valence-corrected chi connectivity index (χ2v) is 4.99. The van der Waals surface area contributed by atoms with Crippen molar-refractivity contribution in [1.82, 2.24) is 0 Å². The van der Waals surface area contributed by atoms with Gasteiger partial charge in [-0.05, 0) is 44.4 Å². The van der Waals surface area contributed by atoms with E-state index in [1.54, 1.807) is 11.1 Å². The van der Waals surface area contributed by atoms with Crippen molar-refractivity contribution >= 4 is 0 Å². The van der Waals surface area contributed by atoms with Gasteiger partial charge in [0.15, 0.2) is 0 Å². The van der Waals surface area contributed by atoms with Gasteiger partial charge in [-0.1, -0.05) is 36.5 Å². The van der Waals surface area contributed by atoms with Gasteiger partial charge in [0.1, 0.15) is 0 Å². The van der Waals surface area contributed by atoms with E-state index in [4.69, 9.17) is 0 Å². The second kappa shape index (κ2) is 5.53. The number of hydrogen-bond acceptors (Lipinski definition) is 0. The first kappa shape index (κ1) is 11.0. The summed E-state index contributed by atoms with van der Waals surface area (Å²) >= 11 is 0. The first-order chi connectivity index (χ1) is 7.42. The molecule has 1 fully saturated rings. The predicted octanol–water partition coefficient (Wildman–Crippen LogP) is 4.83. The highest BCUT2D eigenvalue weighted by molar-refractivity contribution is 5.30. The summed E-state index contributed by atoms with van der Waals surface area (Å²) in [6.07, 6.45) is 17.0. The minimum Gasteiger partial charge on any atom is -0.102 e. The van der Waals surface area contributed by atoms with E-state index in [-0.39, 0.29) is 0 Å². The fourth-order valence-electron chi connectivity index (χ4n) is 3.20. The van der Waals surface area contributed by atoms with Crippen LogP contribution in [-0.2, 0) is 0 Å². The van der Waals surface area contributed by atoms with Gasteiger partial charge in [-0.3, -0.25) is 0 Å². The van der Waals surface area contributed by atoms with Crippen LogP contribution >= 0.6 is 0 Å². The molecular formula is C15H23. The van der Waals surface area contributed by atoms with Crippen molar-refractivity contribution in [1.29, 1.82) is 0 Å². The molecule has 0 unspecified atom stereocenters. The highest BCUT2D eigenvalue weighted by Gasteiger charge is 2.22. The molecule has 0 saturated heterocycles. The number of hydrogen-bond donors (Lipinski definition) is 0. The van der Waals surface area contributed by atoms with Gasteiger partial charge in [-0.15, -0.1) is 6.58 Å². The maximum absolute atomic E-state index is 3.84. The molecule has 0 amide bonds. The molecule has 1 saturated carbocycles. The number of rotatable bonds is 3. The van der Waals surface area contributed by atoms with Crippen LogP contribution in [0.2, 0.25) is 0 Å². The van der Waals surface area contributed by atoms with Gasteiger partial charge in [0.2, 0.25) is 0 Å². The first-order valence-electron chi connectivity index (χ1n) is 6.59. The Morgan fingerprint density at radius 3 is 2.40 bits per heavy atom. The van der Waals surface area contributed by atoms with Crippen LogP contribution in [0.25, 0.3) is 0 Å². The van der Waals surface area contributed by atoms with Gasteiger partial charge in [-0.25, -0.2) is 0 Å². The minimum absolute atomic E-state index is 0.922. The molecule has 2 rings (SSSR count). The Hall–Kier alpha value is -0.520. The van der Waals surface area contributed by atoms with Crippen molar-refractivity contribution < 1.29 is 0 Å². The van der Waals surface area contributed by atoms with Gasteiger partial charge in [0, 0.05) is 6.42 Å². The maximum Gasteiger partial charge on any atom is 0.00771 e. The lowest BCUT2D eigenvalue weighted by atomic mass is 9.76. The van der Waals surface area contributed by atoms with Gasteiger partial charge < -0.3 is 0 Å². The lowest BCUT2D eigenvalue weighted by Crippen LogP contribution is -2.14. The minimum atomic E-state index is 0.922.